The highest BCUT2D eigenvalue weighted by Gasteiger charge is 2.18. The van der Waals surface area contributed by atoms with Gasteiger partial charge in [-0.1, -0.05) is 6.07 Å². The highest BCUT2D eigenvalue weighted by atomic mass is 32.1. The lowest BCUT2D eigenvalue weighted by Crippen LogP contribution is -1.92. The molecule has 6 aromatic rings. The van der Waals surface area contributed by atoms with Gasteiger partial charge >= 0.3 is 0 Å². The molecule has 6 aromatic heterocycles. The van der Waals surface area contributed by atoms with E-state index in [1.54, 1.807) is 22.2 Å². The number of fused-ring (bicyclic) bond motifs is 2. The molecule has 3 N–H and O–H groups in total. The van der Waals surface area contributed by atoms with Gasteiger partial charge in [0.2, 0.25) is 0 Å². The molecule has 0 aliphatic heterocycles. The number of imidazole rings is 1. The van der Waals surface area contributed by atoms with Crippen LogP contribution >= 0.6 is 11.3 Å². The third-order valence-electron chi connectivity index (χ3n) is 5.12. The summed E-state index contributed by atoms with van der Waals surface area (Å²) in [5, 5.41) is 23.5. The van der Waals surface area contributed by atoms with E-state index in [2.05, 4.69) is 25.3 Å². The number of nitrogens with one attached hydrogen (secondary N) is 2. The Bertz CT molecular complexity index is 1540. The summed E-state index contributed by atoms with van der Waals surface area (Å²) in [5.74, 6) is 0.616. The Morgan fingerprint density at radius 1 is 1.06 bits per heavy atom. The van der Waals surface area contributed by atoms with E-state index in [1.807, 2.05) is 49.0 Å². The molecule has 0 unspecified atom stereocenters. The van der Waals surface area contributed by atoms with Crippen molar-refractivity contribution in [3.05, 3.63) is 53.8 Å². The summed E-state index contributed by atoms with van der Waals surface area (Å²) in [7, 11) is 1.82. The molecule has 0 saturated heterocycles. The Hall–Kier alpha value is -3.89. The molecule has 0 bridgehead atoms. The van der Waals surface area contributed by atoms with Crippen LogP contribution in [0.5, 0.6) is 0 Å². The van der Waals surface area contributed by atoms with Gasteiger partial charge in [0.1, 0.15) is 16.7 Å². The molecule has 0 aliphatic rings. The number of rotatable bonds is 4. The topological polar surface area (TPSA) is 121 Å². The first-order chi connectivity index (χ1) is 15.2. The van der Waals surface area contributed by atoms with Crippen molar-refractivity contribution >= 4 is 33.4 Å². The van der Waals surface area contributed by atoms with Crippen LogP contribution in [-0.2, 0) is 13.7 Å². The average Bonchev–Trinajstić information content (AvgIpc) is 3.57. The number of hydrogen-bond acceptors (Lipinski definition) is 7. The number of aromatic nitrogens is 8. The molecule has 10 heteroatoms. The third-order valence-corrected chi connectivity index (χ3v) is 6.00. The molecule has 0 fully saturated rings. The zero-order valence-electron chi connectivity index (χ0n) is 16.4. The van der Waals surface area contributed by atoms with E-state index in [-0.39, 0.29) is 6.61 Å². The first kappa shape index (κ1) is 17.9. The zero-order valence-corrected chi connectivity index (χ0v) is 17.2. The zero-order chi connectivity index (χ0) is 20.9. The number of hydrogen-bond donors (Lipinski definition) is 3. The lowest BCUT2D eigenvalue weighted by atomic mass is 10.1. The maximum absolute atomic E-state index is 9.64. The minimum absolute atomic E-state index is 0.157. The van der Waals surface area contributed by atoms with Gasteiger partial charge in [0.05, 0.1) is 33.9 Å². The highest BCUT2D eigenvalue weighted by molar-refractivity contribution is 7.13. The maximum atomic E-state index is 9.64. The summed E-state index contributed by atoms with van der Waals surface area (Å²) < 4.78 is 1.67. The molecule has 0 aromatic carbocycles. The number of aryl methyl sites for hydroxylation is 1. The number of thiophene rings is 1. The highest BCUT2D eigenvalue weighted by Crippen LogP contribution is 2.32. The summed E-state index contributed by atoms with van der Waals surface area (Å²) in [6, 6.07) is 9.74. The Balaban J connectivity index is 1.52. The van der Waals surface area contributed by atoms with Gasteiger partial charge in [0.25, 0.3) is 0 Å². The van der Waals surface area contributed by atoms with Crippen molar-refractivity contribution in [3.8, 4) is 33.3 Å². The fourth-order valence-electron chi connectivity index (χ4n) is 3.72. The van der Waals surface area contributed by atoms with Crippen LogP contribution in [-0.4, -0.2) is 45.0 Å². The van der Waals surface area contributed by atoms with E-state index in [9.17, 15) is 5.11 Å². The van der Waals surface area contributed by atoms with Crippen LogP contribution in [0.3, 0.4) is 0 Å². The quantitative estimate of drug-likeness (QED) is 0.395. The van der Waals surface area contributed by atoms with E-state index >= 15 is 0 Å². The number of aliphatic hydroxyl groups excluding tert-OH is 1. The second-order valence-corrected chi connectivity index (χ2v) is 8.05. The molecule has 0 saturated carbocycles. The minimum atomic E-state index is -0.157. The second kappa shape index (κ2) is 6.83. The van der Waals surface area contributed by atoms with Crippen molar-refractivity contribution in [2.75, 3.05) is 0 Å². The van der Waals surface area contributed by atoms with Crippen molar-refractivity contribution in [2.45, 2.75) is 6.61 Å². The van der Waals surface area contributed by atoms with Gasteiger partial charge in [0, 0.05) is 25.0 Å². The van der Waals surface area contributed by atoms with Gasteiger partial charge in [-0.05, 0) is 29.6 Å². The van der Waals surface area contributed by atoms with Crippen molar-refractivity contribution in [3.63, 3.8) is 0 Å². The molecule has 6 heterocycles. The van der Waals surface area contributed by atoms with Crippen molar-refractivity contribution in [1.29, 1.82) is 0 Å². The lowest BCUT2D eigenvalue weighted by molar-refractivity contribution is 0.276. The van der Waals surface area contributed by atoms with E-state index in [0.29, 0.717) is 28.4 Å². The number of aliphatic hydroxyl groups is 1. The van der Waals surface area contributed by atoms with Crippen molar-refractivity contribution in [2.24, 2.45) is 7.05 Å². The third kappa shape index (κ3) is 2.84. The summed E-state index contributed by atoms with van der Waals surface area (Å²) in [6.45, 7) is -0.157. The summed E-state index contributed by atoms with van der Waals surface area (Å²) in [6.07, 6.45) is 3.62. The molecule has 0 radical (unpaired) electrons. The van der Waals surface area contributed by atoms with Crippen molar-refractivity contribution < 1.29 is 5.11 Å². The van der Waals surface area contributed by atoms with Crippen molar-refractivity contribution in [1.82, 2.24) is 39.9 Å². The standard InChI is InChI=1S/C21H16N8OS/c1-29-9-11(15(10-30)28-29)12-4-5-14-18(23-12)20(27-26-14)21-24-13-6-7-22-19(17(13)25-21)16-3-2-8-31-16/h2-9,30H,10H2,1H3,(H,24,25)(H,26,27). The molecule has 0 amide bonds. The fourth-order valence-corrected chi connectivity index (χ4v) is 4.44. The van der Waals surface area contributed by atoms with E-state index in [1.165, 1.54) is 0 Å². The van der Waals surface area contributed by atoms with Gasteiger partial charge in [-0.2, -0.15) is 10.2 Å². The van der Waals surface area contributed by atoms with Crippen LogP contribution in [0.4, 0.5) is 0 Å². The summed E-state index contributed by atoms with van der Waals surface area (Å²) >= 11 is 1.63. The number of aromatic amines is 2. The van der Waals surface area contributed by atoms with Crippen LogP contribution in [0.15, 0.2) is 48.1 Å². The molecule has 31 heavy (non-hydrogen) atoms. The first-order valence-corrected chi connectivity index (χ1v) is 10.5. The van der Waals surface area contributed by atoms with Gasteiger partial charge in [-0.3, -0.25) is 14.8 Å². The molecular weight excluding hydrogens is 412 g/mol. The van der Waals surface area contributed by atoms with Gasteiger partial charge in [0.15, 0.2) is 11.5 Å². The fraction of sp³-hybridized carbons (Fsp3) is 0.0952. The molecular formula is C21H16N8OS. The van der Waals surface area contributed by atoms with E-state index in [4.69, 9.17) is 9.97 Å². The number of H-pyrrole nitrogens is 2. The molecule has 0 spiro atoms. The minimum Gasteiger partial charge on any atom is -0.390 e. The average molecular weight is 428 g/mol. The van der Waals surface area contributed by atoms with E-state index < -0.39 is 0 Å². The summed E-state index contributed by atoms with van der Waals surface area (Å²) in [4.78, 5) is 18.6. The normalized spacial score (nSPS) is 11.7. The maximum Gasteiger partial charge on any atom is 0.161 e. The van der Waals surface area contributed by atoms with Gasteiger partial charge in [-0.15, -0.1) is 11.3 Å². The van der Waals surface area contributed by atoms with Crippen LogP contribution in [0.1, 0.15) is 5.69 Å². The molecule has 6 rings (SSSR count). The Kier molecular flexibility index (Phi) is 3.95. The van der Waals surface area contributed by atoms with Crippen LogP contribution < -0.4 is 0 Å². The van der Waals surface area contributed by atoms with Crippen LogP contribution in [0.25, 0.3) is 55.4 Å². The number of pyridine rings is 2. The molecule has 152 valence electrons. The largest absolute Gasteiger partial charge is 0.390 e. The Labute approximate surface area is 179 Å². The van der Waals surface area contributed by atoms with Crippen LogP contribution in [0, 0.1) is 0 Å². The smallest absolute Gasteiger partial charge is 0.161 e. The predicted octanol–water partition coefficient (Wildman–Crippen LogP) is 3.52. The summed E-state index contributed by atoms with van der Waals surface area (Å²) in [5.41, 5.74) is 6.70. The molecule has 0 aliphatic carbocycles. The monoisotopic (exact) mass is 428 g/mol. The predicted molar refractivity (Wildman–Crippen MR) is 118 cm³/mol. The second-order valence-electron chi connectivity index (χ2n) is 7.10. The van der Waals surface area contributed by atoms with Gasteiger partial charge < -0.3 is 10.1 Å². The Morgan fingerprint density at radius 2 is 1.97 bits per heavy atom. The lowest BCUT2D eigenvalue weighted by Gasteiger charge is -2.00. The van der Waals surface area contributed by atoms with Crippen LogP contribution in [0.2, 0.25) is 0 Å². The SMILES string of the molecule is Cn1cc(-c2ccc3[nH]nc(-c4nc5c(-c6cccs6)nccc5[nH]4)c3n2)c(CO)n1. The molecule has 0 atom stereocenters. The van der Waals surface area contributed by atoms with E-state index in [0.717, 1.165) is 32.7 Å². The first-order valence-electron chi connectivity index (χ1n) is 9.59. The number of nitrogens with zero attached hydrogens (tertiary/aromatic N) is 6. The Morgan fingerprint density at radius 3 is 2.81 bits per heavy atom. The molecule has 9 nitrogen and oxygen atoms in total. The van der Waals surface area contributed by atoms with Gasteiger partial charge in [-0.25, -0.2) is 9.97 Å².